The molecule has 0 fully saturated rings. The first kappa shape index (κ1) is 15.0. The standard InChI is InChI=1S/C7H4BrF3O.C3H6O/c8-5-1-3-6(4-2-5)12-7(9,10)11;1-2-3-4/h1-4H;3H,2H2,1H3. The van der Waals surface area contributed by atoms with E-state index < -0.39 is 6.36 Å². The van der Waals surface area contributed by atoms with E-state index in [0.29, 0.717) is 10.9 Å². The number of alkyl halides is 3. The van der Waals surface area contributed by atoms with Crippen molar-refractivity contribution in [2.45, 2.75) is 19.7 Å². The minimum absolute atomic E-state index is 0.217. The Morgan fingerprint density at radius 2 is 1.75 bits per heavy atom. The molecular formula is C10H10BrF3O2. The Labute approximate surface area is 99.5 Å². The number of ether oxygens (including phenoxy) is 1. The smallest absolute Gasteiger partial charge is 0.406 e. The van der Waals surface area contributed by atoms with Gasteiger partial charge >= 0.3 is 6.36 Å². The number of rotatable bonds is 2. The first-order valence-electron chi connectivity index (χ1n) is 4.34. The highest BCUT2D eigenvalue weighted by molar-refractivity contribution is 9.10. The van der Waals surface area contributed by atoms with E-state index in [1.165, 1.54) is 24.3 Å². The number of benzene rings is 1. The minimum Gasteiger partial charge on any atom is -0.406 e. The van der Waals surface area contributed by atoms with Crippen LogP contribution in [0, 0.1) is 0 Å². The molecule has 1 aromatic carbocycles. The van der Waals surface area contributed by atoms with Crippen LogP contribution in [0.15, 0.2) is 28.7 Å². The van der Waals surface area contributed by atoms with Gasteiger partial charge in [0.2, 0.25) is 0 Å². The maximum atomic E-state index is 11.6. The third-order valence-corrected chi connectivity index (χ3v) is 1.74. The topological polar surface area (TPSA) is 26.3 Å². The molecule has 0 N–H and O–H groups in total. The number of hydrogen-bond donors (Lipinski definition) is 0. The predicted molar refractivity (Wildman–Crippen MR) is 57.2 cm³/mol. The zero-order chi connectivity index (χ0) is 12.6. The molecule has 0 saturated heterocycles. The maximum Gasteiger partial charge on any atom is 0.573 e. The van der Waals surface area contributed by atoms with Crippen LogP contribution in [0.25, 0.3) is 0 Å². The number of hydrogen-bond acceptors (Lipinski definition) is 2. The Kier molecular flexibility index (Phi) is 6.80. The summed E-state index contributed by atoms with van der Waals surface area (Å²) in [5.41, 5.74) is 0. The van der Waals surface area contributed by atoms with Gasteiger partial charge in [0.05, 0.1) is 0 Å². The fourth-order valence-corrected chi connectivity index (χ4v) is 0.901. The highest BCUT2D eigenvalue weighted by Crippen LogP contribution is 2.23. The second-order valence-electron chi connectivity index (χ2n) is 2.58. The van der Waals surface area contributed by atoms with Crippen molar-refractivity contribution in [3.63, 3.8) is 0 Å². The molecule has 0 amide bonds. The summed E-state index contributed by atoms with van der Waals surface area (Å²) in [6, 6.07) is 5.41. The molecule has 0 heterocycles. The number of carbonyl (C=O) groups excluding carboxylic acids is 1. The van der Waals surface area contributed by atoms with Crippen LogP contribution in [-0.2, 0) is 4.79 Å². The molecule has 0 aliphatic heterocycles. The third kappa shape index (κ3) is 8.28. The Hall–Kier alpha value is -1.04. The molecule has 0 aliphatic rings. The highest BCUT2D eigenvalue weighted by Gasteiger charge is 2.30. The monoisotopic (exact) mass is 298 g/mol. The summed E-state index contributed by atoms with van der Waals surface area (Å²) in [5.74, 6) is -0.217. The first-order chi connectivity index (χ1) is 7.39. The van der Waals surface area contributed by atoms with E-state index in [2.05, 4.69) is 20.7 Å². The zero-order valence-corrected chi connectivity index (χ0v) is 10.0. The van der Waals surface area contributed by atoms with Crippen molar-refractivity contribution in [1.82, 2.24) is 0 Å². The van der Waals surface area contributed by atoms with Gasteiger partial charge in [-0.1, -0.05) is 22.9 Å². The lowest BCUT2D eigenvalue weighted by Crippen LogP contribution is -2.16. The molecule has 0 saturated carbocycles. The fraction of sp³-hybridized carbons (Fsp3) is 0.300. The van der Waals surface area contributed by atoms with Crippen LogP contribution in [0.3, 0.4) is 0 Å². The molecule has 0 unspecified atom stereocenters. The molecule has 16 heavy (non-hydrogen) atoms. The molecule has 0 bridgehead atoms. The van der Waals surface area contributed by atoms with Crippen molar-refractivity contribution >= 4 is 22.2 Å². The zero-order valence-electron chi connectivity index (χ0n) is 8.42. The van der Waals surface area contributed by atoms with Crippen molar-refractivity contribution < 1.29 is 22.7 Å². The van der Waals surface area contributed by atoms with E-state index in [1.807, 2.05) is 6.92 Å². The van der Waals surface area contributed by atoms with Crippen LogP contribution in [0.1, 0.15) is 13.3 Å². The van der Waals surface area contributed by atoms with Gasteiger partial charge in [0, 0.05) is 10.9 Å². The van der Waals surface area contributed by atoms with Crippen molar-refractivity contribution in [3.8, 4) is 5.75 Å². The first-order valence-corrected chi connectivity index (χ1v) is 5.13. The largest absolute Gasteiger partial charge is 0.573 e. The van der Waals surface area contributed by atoms with Crippen molar-refractivity contribution in [2.24, 2.45) is 0 Å². The number of carbonyl (C=O) groups is 1. The van der Waals surface area contributed by atoms with E-state index in [0.717, 1.165) is 6.29 Å². The Morgan fingerprint density at radius 1 is 1.31 bits per heavy atom. The molecule has 1 rings (SSSR count). The minimum atomic E-state index is -4.62. The average molecular weight is 299 g/mol. The lowest BCUT2D eigenvalue weighted by molar-refractivity contribution is -0.274. The van der Waals surface area contributed by atoms with Crippen LogP contribution in [0.4, 0.5) is 13.2 Å². The molecule has 0 radical (unpaired) electrons. The van der Waals surface area contributed by atoms with Crippen molar-refractivity contribution in [2.75, 3.05) is 0 Å². The highest BCUT2D eigenvalue weighted by atomic mass is 79.9. The Balaban J connectivity index is 0.000000487. The lowest BCUT2D eigenvalue weighted by Gasteiger charge is -2.07. The molecule has 90 valence electrons. The van der Waals surface area contributed by atoms with Crippen LogP contribution >= 0.6 is 15.9 Å². The van der Waals surface area contributed by atoms with Crippen molar-refractivity contribution in [1.29, 1.82) is 0 Å². The summed E-state index contributed by atoms with van der Waals surface area (Å²) in [7, 11) is 0. The molecule has 0 spiro atoms. The van der Waals surface area contributed by atoms with Gasteiger partial charge in [0.15, 0.2) is 0 Å². The molecule has 1 aromatic rings. The SMILES string of the molecule is CCC=O.FC(F)(F)Oc1ccc(Br)cc1. The van der Waals surface area contributed by atoms with E-state index >= 15 is 0 Å². The van der Waals surface area contributed by atoms with Gasteiger partial charge in [-0.05, 0) is 24.3 Å². The Morgan fingerprint density at radius 3 is 2.06 bits per heavy atom. The summed E-state index contributed by atoms with van der Waals surface area (Å²) in [4.78, 5) is 9.17. The summed E-state index contributed by atoms with van der Waals surface area (Å²) >= 11 is 3.09. The quantitative estimate of drug-likeness (QED) is 0.773. The molecule has 2 nitrogen and oxygen atoms in total. The molecule has 0 atom stereocenters. The van der Waals surface area contributed by atoms with Gasteiger partial charge in [-0.25, -0.2) is 0 Å². The van der Waals surface area contributed by atoms with Crippen LogP contribution in [0.2, 0.25) is 0 Å². The van der Waals surface area contributed by atoms with Gasteiger partial charge in [0.1, 0.15) is 12.0 Å². The third-order valence-electron chi connectivity index (χ3n) is 1.21. The average Bonchev–Trinajstić information content (AvgIpc) is 2.20. The summed E-state index contributed by atoms with van der Waals surface area (Å²) in [6.07, 6.45) is -3.10. The van der Waals surface area contributed by atoms with Gasteiger partial charge in [-0.15, -0.1) is 13.2 Å². The summed E-state index contributed by atoms with van der Waals surface area (Å²) < 4.78 is 39.2. The summed E-state index contributed by atoms with van der Waals surface area (Å²) in [5, 5.41) is 0. The second-order valence-corrected chi connectivity index (χ2v) is 3.49. The predicted octanol–water partition coefficient (Wildman–Crippen LogP) is 3.94. The van der Waals surface area contributed by atoms with Gasteiger partial charge in [0.25, 0.3) is 0 Å². The maximum absolute atomic E-state index is 11.6. The summed E-state index contributed by atoms with van der Waals surface area (Å²) in [6.45, 7) is 1.81. The number of halogens is 4. The van der Waals surface area contributed by atoms with Gasteiger partial charge in [-0.2, -0.15) is 0 Å². The van der Waals surface area contributed by atoms with Crippen molar-refractivity contribution in [3.05, 3.63) is 28.7 Å². The second kappa shape index (κ2) is 7.27. The number of aldehydes is 1. The van der Waals surface area contributed by atoms with Gasteiger partial charge < -0.3 is 9.53 Å². The van der Waals surface area contributed by atoms with E-state index in [9.17, 15) is 18.0 Å². The van der Waals surface area contributed by atoms with E-state index in [1.54, 1.807) is 0 Å². The van der Waals surface area contributed by atoms with Crippen LogP contribution < -0.4 is 4.74 Å². The molecule has 0 aliphatic carbocycles. The normalized spacial score (nSPS) is 10.1. The van der Waals surface area contributed by atoms with Gasteiger partial charge in [-0.3, -0.25) is 0 Å². The van der Waals surface area contributed by atoms with E-state index in [-0.39, 0.29) is 5.75 Å². The molecule has 6 heteroatoms. The van der Waals surface area contributed by atoms with Crippen LogP contribution in [-0.4, -0.2) is 12.6 Å². The van der Waals surface area contributed by atoms with E-state index in [4.69, 9.17) is 0 Å². The Bertz CT molecular complexity index is 309. The molecular weight excluding hydrogens is 289 g/mol. The molecule has 0 aromatic heterocycles. The fourth-order valence-electron chi connectivity index (χ4n) is 0.636. The van der Waals surface area contributed by atoms with Crippen LogP contribution in [0.5, 0.6) is 5.75 Å². The lowest BCUT2D eigenvalue weighted by atomic mass is 10.3.